The number of nitrogens with zero attached hydrogens (tertiary/aromatic N) is 2. The van der Waals surface area contributed by atoms with E-state index >= 15 is 0 Å². The molecule has 1 N–H and O–H groups in total. The molecule has 1 saturated heterocycles. The van der Waals surface area contributed by atoms with Crippen LogP contribution in [0, 0.1) is 17.2 Å². The van der Waals surface area contributed by atoms with Crippen LogP contribution in [0.1, 0.15) is 55.0 Å². The second-order valence-corrected chi connectivity index (χ2v) is 7.95. The minimum atomic E-state index is 0.0405. The van der Waals surface area contributed by atoms with Crippen molar-refractivity contribution >= 4 is 22.2 Å². The van der Waals surface area contributed by atoms with E-state index in [1.165, 1.54) is 29.7 Å². The van der Waals surface area contributed by atoms with E-state index in [1.807, 2.05) is 0 Å². The molecule has 0 saturated carbocycles. The van der Waals surface area contributed by atoms with Gasteiger partial charge in [-0.05, 0) is 63.1 Å². The molecule has 124 valence electrons. The Hall–Kier alpha value is -1.38. The van der Waals surface area contributed by atoms with Crippen molar-refractivity contribution in [1.82, 2.24) is 4.90 Å². The van der Waals surface area contributed by atoms with Gasteiger partial charge >= 0.3 is 0 Å². The van der Waals surface area contributed by atoms with E-state index < -0.39 is 0 Å². The number of amides is 1. The minimum absolute atomic E-state index is 0.0405. The molecule has 0 unspecified atom stereocenters. The largest absolute Gasteiger partial charge is 0.317 e. The summed E-state index contributed by atoms with van der Waals surface area (Å²) >= 11 is 1.61. The molecule has 1 fully saturated rings. The SMILES string of the molecule is CC1CCN(CCC(=O)Nc2sc3c(c2C#N)CCCC3)CC1. The lowest BCUT2D eigenvalue weighted by atomic mass is 9.96. The summed E-state index contributed by atoms with van der Waals surface area (Å²) in [4.78, 5) is 15.9. The van der Waals surface area contributed by atoms with Gasteiger partial charge < -0.3 is 10.2 Å². The quantitative estimate of drug-likeness (QED) is 0.918. The molecule has 1 aliphatic heterocycles. The van der Waals surface area contributed by atoms with Gasteiger partial charge in [0.1, 0.15) is 11.1 Å². The highest BCUT2D eigenvalue weighted by atomic mass is 32.1. The molecule has 0 spiro atoms. The lowest BCUT2D eigenvalue weighted by Crippen LogP contribution is -2.35. The average Bonchev–Trinajstić information content (AvgIpc) is 2.91. The van der Waals surface area contributed by atoms with Gasteiger partial charge in [-0.25, -0.2) is 0 Å². The molecule has 3 rings (SSSR count). The van der Waals surface area contributed by atoms with Gasteiger partial charge in [0, 0.05) is 17.8 Å². The molecule has 5 heteroatoms. The molecule has 4 nitrogen and oxygen atoms in total. The third-order valence-corrected chi connectivity index (χ3v) is 6.27. The van der Waals surface area contributed by atoms with Crippen LogP contribution in [0.2, 0.25) is 0 Å². The van der Waals surface area contributed by atoms with Crippen LogP contribution in [0.5, 0.6) is 0 Å². The van der Waals surface area contributed by atoms with Crippen LogP contribution in [-0.2, 0) is 17.6 Å². The van der Waals surface area contributed by atoms with Crippen molar-refractivity contribution in [3.63, 3.8) is 0 Å². The summed E-state index contributed by atoms with van der Waals surface area (Å²) in [6.07, 6.45) is 7.36. The van der Waals surface area contributed by atoms with E-state index in [2.05, 4.69) is 23.2 Å². The number of thiophene rings is 1. The number of rotatable bonds is 4. The fourth-order valence-electron chi connectivity index (χ4n) is 3.51. The smallest absolute Gasteiger partial charge is 0.226 e. The van der Waals surface area contributed by atoms with Crippen LogP contribution in [0.25, 0.3) is 0 Å². The lowest BCUT2D eigenvalue weighted by molar-refractivity contribution is -0.116. The van der Waals surface area contributed by atoms with Crippen LogP contribution in [0.15, 0.2) is 0 Å². The van der Waals surface area contributed by atoms with Gasteiger partial charge in [-0.1, -0.05) is 6.92 Å². The first-order chi connectivity index (χ1) is 11.2. The molecule has 2 aliphatic rings. The van der Waals surface area contributed by atoms with Crippen molar-refractivity contribution < 1.29 is 4.79 Å². The van der Waals surface area contributed by atoms with E-state index in [1.54, 1.807) is 11.3 Å². The van der Waals surface area contributed by atoms with Crippen LogP contribution < -0.4 is 5.32 Å². The van der Waals surface area contributed by atoms with Gasteiger partial charge in [0.25, 0.3) is 0 Å². The molecule has 1 aliphatic carbocycles. The predicted octanol–water partition coefficient (Wildman–Crippen LogP) is 3.56. The average molecular weight is 331 g/mol. The number of likely N-dealkylation sites (tertiary alicyclic amines) is 1. The standard InChI is InChI=1S/C18H25N3OS/c1-13-6-9-21(10-7-13)11-8-17(22)20-18-15(12-19)14-4-2-3-5-16(14)23-18/h13H,2-11H2,1H3,(H,20,22). The third-order valence-electron chi connectivity index (χ3n) is 5.07. The molecule has 23 heavy (non-hydrogen) atoms. The van der Waals surface area contributed by atoms with Crippen LogP contribution in [0.4, 0.5) is 5.00 Å². The number of carbonyl (C=O) groups excluding carboxylic acids is 1. The summed E-state index contributed by atoms with van der Waals surface area (Å²) in [5.74, 6) is 0.856. The van der Waals surface area contributed by atoms with Crippen molar-refractivity contribution in [2.75, 3.05) is 25.0 Å². The minimum Gasteiger partial charge on any atom is -0.317 e. The monoisotopic (exact) mass is 331 g/mol. The highest BCUT2D eigenvalue weighted by molar-refractivity contribution is 7.16. The zero-order valence-corrected chi connectivity index (χ0v) is 14.7. The zero-order chi connectivity index (χ0) is 16.2. The Morgan fingerprint density at radius 3 is 2.83 bits per heavy atom. The number of nitrogens with one attached hydrogen (secondary N) is 1. The van der Waals surface area contributed by atoms with Crippen LogP contribution in [0.3, 0.4) is 0 Å². The van der Waals surface area contributed by atoms with E-state index in [0.717, 1.165) is 49.8 Å². The molecule has 2 heterocycles. The second kappa shape index (κ2) is 7.46. The number of anilines is 1. The summed E-state index contributed by atoms with van der Waals surface area (Å²) in [5.41, 5.74) is 1.90. The Balaban J connectivity index is 1.56. The summed E-state index contributed by atoms with van der Waals surface area (Å²) in [6, 6.07) is 2.30. The lowest BCUT2D eigenvalue weighted by Gasteiger charge is -2.29. The van der Waals surface area contributed by atoms with Crippen molar-refractivity contribution in [3.05, 3.63) is 16.0 Å². The summed E-state index contributed by atoms with van der Waals surface area (Å²) in [6.45, 7) is 5.33. The number of nitriles is 1. The maximum Gasteiger partial charge on any atom is 0.226 e. The normalized spacial score (nSPS) is 19.1. The molecule has 1 aromatic rings. The maximum atomic E-state index is 12.3. The second-order valence-electron chi connectivity index (χ2n) is 6.85. The van der Waals surface area contributed by atoms with Gasteiger partial charge in [-0.15, -0.1) is 11.3 Å². The van der Waals surface area contributed by atoms with Gasteiger partial charge in [-0.3, -0.25) is 4.79 Å². The van der Waals surface area contributed by atoms with E-state index in [4.69, 9.17) is 0 Å². The van der Waals surface area contributed by atoms with Gasteiger partial charge in [0.2, 0.25) is 5.91 Å². The van der Waals surface area contributed by atoms with Crippen molar-refractivity contribution in [1.29, 1.82) is 5.26 Å². The Labute approximate surface area is 142 Å². The van der Waals surface area contributed by atoms with Crippen molar-refractivity contribution in [2.45, 2.75) is 51.9 Å². The van der Waals surface area contributed by atoms with Gasteiger partial charge in [0.05, 0.1) is 5.56 Å². The van der Waals surface area contributed by atoms with E-state index in [-0.39, 0.29) is 5.91 Å². The zero-order valence-electron chi connectivity index (χ0n) is 13.9. The molecule has 1 amide bonds. The van der Waals surface area contributed by atoms with Gasteiger partial charge in [-0.2, -0.15) is 5.26 Å². The first-order valence-electron chi connectivity index (χ1n) is 8.74. The number of aryl methyl sites for hydroxylation is 1. The highest BCUT2D eigenvalue weighted by Crippen LogP contribution is 2.37. The maximum absolute atomic E-state index is 12.3. The third kappa shape index (κ3) is 3.94. The molecule has 0 atom stereocenters. The van der Waals surface area contributed by atoms with Gasteiger partial charge in [0.15, 0.2) is 0 Å². The van der Waals surface area contributed by atoms with E-state index in [0.29, 0.717) is 12.0 Å². The number of piperidine rings is 1. The fraction of sp³-hybridized carbons (Fsp3) is 0.667. The predicted molar refractivity (Wildman–Crippen MR) is 93.8 cm³/mol. The summed E-state index contributed by atoms with van der Waals surface area (Å²) in [7, 11) is 0. The first-order valence-corrected chi connectivity index (χ1v) is 9.56. The molecule has 0 radical (unpaired) electrons. The Bertz CT molecular complexity index is 609. The first kappa shape index (κ1) is 16.5. The fourth-order valence-corrected chi connectivity index (χ4v) is 4.76. The highest BCUT2D eigenvalue weighted by Gasteiger charge is 2.22. The number of carbonyl (C=O) groups is 1. The number of hydrogen-bond acceptors (Lipinski definition) is 4. The molecule has 1 aromatic heterocycles. The van der Waals surface area contributed by atoms with Crippen molar-refractivity contribution in [3.8, 4) is 6.07 Å². The van der Waals surface area contributed by atoms with Crippen molar-refractivity contribution in [2.24, 2.45) is 5.92 Å². The molecular weight excluding hydrogens is 306 g/mol. The Kier molecular flexibility index (Phi) is 5.34. The topological polar surface area (TPSA) is 56.1 Å². The van der Waals surface area contributed by atoms with E-state index in [9.17, 15) is 10.1 Å². The van der Waals surface area contributed by atoms with Crippen LogP contribution in [-0.4, -0.2) is 30.4 Å². The number of fused-ring (bicyclic) bond motifs is 1. The summed E-state index contributed by atoms with van der Waals surface area (Å²) < 4.78 is 0. The number of hydrogen-bond donors (Lipinski definition) is 1. The molecule has 0 bridgehead atoms. The molecule has 0 aromatic carbocycles. The van der Waals surface area contributed by atoms with Crippen LogP contribution >= 0.6 is 11.3 Å². The molecular formula is C18H25N3OS. The Morgan fingerprint density at radius 2 is 2.09 bits per heavy atom. The summed E-state index contributed by atoms with van der Waals surface area (Å²) in [5, 5.41) is 13.2. The Morgan fingerprint density at radius 1 is 1.35 bits per heavy atom.